The molecule has 2 aliphatic heterocycles. The van der Waals surface area contributed by atoms with Crippen LogP contribution in [0.25, 0.3) is 0 Å². The van der Waals surface area contributed by atoms with E-state index in [1.54, 1.807) is 23.1 Å². The molecule has 2 heterocycles. The van der Waals surface area contributed by atoms with Crippen LogP contribution in [0.3, 0.4) is 0 Å². The minimum Gasteiger partial charge on any atom is -0.325 e. The molecule has 0 aromatic heterocycles. The quantitative estimate of drug-likeness (QED) is 0.730. The van der Waals surface area contributed by atoms with Gasteiger partial charge in [-0.05, 0) is 24.6 Å². The van der Waals surface area contributed by atoms with Crippen LogP contribution in [0, 0.1) is 0 Å². The average Bonchev–Trinajstić information content (AvgIpc) is 2.66. The summed E-state index contributed by atoms with van der Waals surface area (Å²) >= 11 is 5.87. The van der Waals surface area contributed by atoms with Gasteiger partial charge in [0.05, 0.1) is 11.3 Å². The molecule has 3 N–H and O–H groups in total. The molecule has 0 spiro atoms. The van der Waals surface area contributed by atoms with Crippen molar-refractivity contribution in [2.75, 3.05) is 11.9 Å². The third kappa shape index (κ3) is 1.59. The molecule has 0 saturated carbocycles. The van der Waals surface area contributed by atoms with E-state index in [4.69, 9.17) is 17.3 Å². The highest BCUT2D eigenvalue weighted by Gasteiger charge is 2.43. The molecule has 1 fully saturated rings. The second-order valence-corrected chi connectivity index (χ2v) is 5.01. The SMILES string of the molecule is NC1CCN2C(=O)c3ccc(Cl)cc3NC(=O)C12. The van der Waals surface area contributed by atoms with Gasteiger partial charge in [-0.1, -0.05) is 11.6 Å². The first-order valence-corrected chi connectivity index (χ1v) is 6.12. The zero-order valence-electron chi connectivity index (χ0n) is 9.52. The van der Waals surface area contributed by atoms with Gasteiger partial charge in [-0.3, -0.25) is 9.59 Å². The summed E-state index contributed by atoms with van der Waals surface area (Å²) in [5.41, 5.74) is 6.82. The van der Waals surface area contributed by atoms with Crippen LogP contribution in [-0.2, 0) is 4.79 Å². The van der Waals surface area contributed by atoms with Crippen molar-refractivity contribution in [2.24, 2.45) is 5.73 Å². The molecular formula is C12H12ClN3O2. The standard InChI is InChI=1S/C12H12ClN3O2/c13-6-1-2-7-9(5-6)15-11(17)10-8(14)3-4-16(10)12(7)18/h1-2,5,8,10H,3-4,14H2,(H,15,17). The molecule has 2 atom stereocenters. The van der Waals surface area contributed by atoms with E-state index >= 15 is 0 Å². The normalized spacial score (nSPS) is 26.4. The first-order chi connectivity index (χ1) is 8.58. The summed E-state index contributed by atoms with van der Waals surface area (Å²) in [7, 11) is 0. The maximum atomic E-state index is 12.4. The third-order valence-electron chi connectivity index (χ3n) is 3.44. The van der Waals surface area contributed by atoms with E-state index < -0.39 is 6.04 Å². The number of fused-ring (bicyclic) bond motifs is 2. The maximum absolute atomic E-state index is 12.4. The number of carbonyl (C=O) groups is 2. The molecule has 5 nitrogen and oxygen atoms in total. The molecule has 6 heteroatoms. The smallest absolute Gasteiger partial charge is 0.256 e. The number of nitrogens with one attached hydrogen (secondary N) is 1. The first-order valence-electron chi connectivity index (χ1n) is 5.75. The fourth-order valence-corrected chi connectivity index (χ4v) is 2.72. The molecular weight excluding hydrogens is 254 g/mol. The maximum Gasteiger partial charge on any atom is 0.256 e. The number of nitrogens with zero attached hydrogens (tertiary/aromatic N) is 1. The third-order valence-corrected chi connectivity index (χ3v) is 3.68. The Hall–Kier alpha value is -1.59. The number of carbonyl (C=O) groups excluding carboxylic acids is 2. The number of hydrogen-bond donors (Lipinski definition) is 2. The summed E-state index contributed by atoms with van der Waals surface area (Å²) < 4.78 is 0. The molecule has 0 aliphatic carbocycles. The first kappa shape index (κ1) is 11.5. The van der Waals surface area contributed by atoms with Crippen LogP contribution in [0.15, 0.2) is 18.2 Å². The number of halogens is 1. The van der Waals surface area contributed by atoms with Crippen LogP contribution < -0.4 is 11.1 Å². The number of rotatable bonds is 0. The molecule has 0 radical (unpaired) electrons. The lowest BCUT2D eigenvalue weighted by atomic mass is 10.1. The van der Waals surface area contributed by atoms with Gasteiger partial charge < -0.3 is 16.0 Å². The van der Waals surface area contributed by atoms with Gasteiger partial charge in [0.2, 0.25) is 5.91 Å². The summed E-state index contributed by atoms with van der Waals surface area (Å²) in [5, 5.41) is 3.21. The highest BCUT2D eigenvalue weighted by Crippen LogP contribution is 2.29. The predicted molar refractivity (Wildman–Crippen MR) is 67.5 cm³/mol. The number of benzene rings is 1. The van der Waals surface area contributed by atoms with Crippen LogP contribution >= 0.6 is 11.6 Å². The summed E-state index contributed by atoms with van der Waals surface area (Å²) in [6.45, 7) is 0.514. The number of anilines is 1. The lowest BCUT2D eigenvalue weighted by Gasteiger charge is -2.22. The Morgan fingerprint density at radius 2 is 2.17 bits per heavy atom. The molecule has 1 saturated heterocycles. The second-order valence-electron chi connectivity index (χ2n) is 4.58. The monoisotopic (exact) mass is 265 g/mol. The van der Waals surface area contributed by atoms with Gasteiger partial charge in [0, 0.05) is 17.6 Å². The minimum absolute atomic E-state index is 0.169. The van der Waals surface area contributed by atoms with Crippen molar-refractivity contribution in [1.82, 2.24) is 4.90 Å². The van der Waals surface area contributed by atoms with Gasteiger partial charge >= 0.3 is 0 Å². The lowest BCUT2D eigenvalue weighted by molar-refractivity contribution is -0.119. The van der Waals surface area contributed by atoms with Crippen molar-refractivity contribution in [3.63, 3.8) is 0 Å². The van der Waals surface area contributed by atoms with E-state index in [9.17, 15) is 9.59 Å². The molecule has 2 unspecified atom stereocenters. The Morgan fingerprint density at radius 1 is 1.39 bits per heavy atom. The molecule has 0 bridgehead atoms. The number of amides is 2. The highest BCUT2D eigenvalue weighted by atomic mass is 35.5. The lowest BCUT2D eigenvalue weighted by Crippen LogP contribution is -2.48. The van der Waals surface area contributed by atoms with E-state index in [1.807, 2.05) is 0 Å². The van der Waals surface area contributed by atoms with Crippen LogP contribution in [-0.4, -0.2) is 35.3 Å². The molecule has 2 aliphatic rings. The topological polar surface area (TPSA) is 75.4 Å². The molecule has 3 rings (SSSR count). The summed E-state index contributed by atoms with van der Waals surface area (Å²) in [5.74, 6) is -0.410. The van der Waals surface area contributed by atoms with Crippen LogP contribution in [0.2, 0.25) is 5.02 Å². The van der Waals surface area contributed by atoms with E-state index in [0.29, 0.717) is 29.2 Å². The van der Waals surface area contributed by atoms with E-state index in [1.165, 1.54) is 0 Å². The van der Waals surface area contributed by atoms with Crippen molar-refractivity contribution < 1.29 is 9.59 Å². The van der Waals surface area contributed by atoms with Gasteiger partial charge in [0.25, 0.3) is 5.91 Å². The molecule has 1 aromatic rings. The minimum atomic E-state index is -0.580. The van der Waals surface area contributed by atoms with Gasteiger partial charge in [0.1, 0.15) is 6.04 Å². The second kappa shape index (κ2) is 3.96. The predicted octanol–water partition coefficient (Wildman–Crippen LogP) is 0.834. The summed E-state index contributed by atoms with van der Waals surface area (Å²) in [6, 6.07) is 3.97. The van der Waals surface area contributed by atoms with E-state index in [0.717, 1.165) is 0 Å². The molecule has 18 heavy (non-hydrogen) atoms. The van der Waals surface area contributed by atoms with Gasteiger partial charge in [-0.25, -0.2) is 0 Å². The fourth-order valence-electron chi connectivity index (χ4n) is 2.55. The Bertz CT molecular complexity index is 546. The van der Waals surface area contributed by atoms with Crippen molar-refractivity contribution in [3.05, 3.63) is 28.8 Å². The number of nitrogens with two attached hydrogens (primary N) is 1. The van der Waals surface area contributed by atoms with Gasteiger partial charge in [-0.2, -0.15) is 0 Å². The Morgan fingerprint density at radius 3 is 2.94 bits per heavy atom. The fraction of sp³-hybridized carbons (Fsp3) is 0.333. The van der Waals surface area contributed by atoms with Crippen molar-refractivity contribution in [3.8, 4) is 0 Å². The largest absolute Gasteiger partial charge is 0.325 e. The number of hydrogen-bond acceptors (Lipinski definition) is 3. The zero-order chi connectivity index (χ0) is 12.9. The summed E-state index contributed by atoms with van der Waals surface area (Å²) in [6.07, 6.45) is 0.646. The van der Waals surface area contributed by atoms with Crippen molar-refractivity contribution >= 4 is 29.1 Å². The van der Waals surface area contributed by atoms with Crippen LogP contribution in [0.1, 0.15) is 16.8 Å². The molecule has 2 amide bonds. The van der Waals surface area contributed by atoms with E-state index in [-0.39, 0.29) is 17.9 Å². The Kier molecular flexibility index (Phi) is 2.53. The van der Waals surface area contributed by atoms with Crippen molar-refractivity contribution in [2.45, 2.75) is 18.5 Å². The van der Waals surface area contributed by atoms with Gasteiger partial charge in [-0.15, -0.1) is 0 Å². The Labute approximate surface area is 109 Å². The molecule has 94 valence electrons. The summed E-state index contributed by atoms with van der Waals surface area (Å²) in [4.78, 5) is 26.0. The van der Waals surface area contributed by atoms with Crippen LogP contribution in [0.5, 0.6) is 0 Å². The van der Waals surface area contributed by atoms with Gasteiger partial charge in [0.15, 0.2) is 0 Å². The van der Waals surface area contributed by atoms with E-state index in [2.05, 4.69) is 5.32 Å². The highest BCUT2D eigenvalue weighted by molar-refractivity contribution is 6.31. The average molecular weight is 266 g/mol. The molecule has 1 aromatic carbocycles. The Balaban J connectivity index is 2.11. The van der Waals surface area contributed by atoms with Crippen molar-refractivity contribution in [1.29, 1.82) is 0 Å². The zero-order valence-corrected chi connectivity index (χ0v) is 10.3. The van der Waals surface area contributed by atoms with Crippen LogP contribution in [0.4, 0.5) is 5.69 Å².